The molecule has 0 atom stereocenters. The van der Waals surface area contributed by atoms with E-state index >= 15 is 0 Å². The van der Waals surface area contributed by atoms with Crippen molar-refractivity contribution in [3.8, 4) is 11.5 Å². The zero-order valence-electron chi connectivity index (χ0n) is 18.9. The Kier molecular flexibility index (Phi) is 7.39. The molecular formula is C22H34N3O2P3. The Balaban J connectivity index is 2.27. The van der Waals surface area contributed by atoms with Gasteiger partial charge in [-0.2, -0.15) is 9.03 Å². The summed E-state index contributed by atoms with van der Waals surface area (Å²) in [6, 6.07) is 16.2. The first-order valence-corrected chi connectivity index (χ1v) is 16.4. The first kappa shape index (κ1) is 23.4. The Morgan fingerprint density at radius 1 is 0.633 bits per heavy atom. The molecule has 0 aliphatic carbocycles. The molecule has 0 saturated carbocycles. The van der Waals surface area contributed by atoms with Gasteiger partial charge in [-0.1, -0.05) is 52.0 Å². The second-order valence-corrected chi connectivity index (χ2v) is 17.1. The Bertz CT molecular complexity index is 1000. The van der Waals surface area contributed by atoms with Gasteiger partial charge in [-0.3, -0.25) is 0 Å². The Morgan fingerprint density at radius 2 is 1.07 bits per heavy atom. The normalized spacial score (nSPS) is 18.5. The van der Waals surface area contributed by atoms with Gasteiger partial charge in [0.2, 0.25) is 0 Å². The maximum Gasteiger partial charge on any atom is 0.449 e. The van der Waals surface area contributed by atoms with Crippen LogP contribution in [0.1, 0.15) is 38.8 Å². The monoisotopic (exact) mass is 465 g/mol. The molecule has 1 aliphatic heterocycles. The van der Waals surface area contributed by atoms with Gasteiger partial charge in [0.15, 0.2) is 0 Å². The van der Waals surface area contributed by atoms with Crippen LogP contribution in [0, 0.1) is 13.8 Å². The van der Waals surface area contributed by atoms with Crippen LogP contribution in [0.15, 0.2) is 62.1 Å². The van der Waals surface area contributed by atoms with Gasteiger partial charge in [-0.15, -0.1) is 0 Å². The molecule has 0 bridgehead atoms. The fourth-order valence-electron chi connectivity index (χ4n) is 3.45. The van der Waals surface area contributed by atoms with Crippen molar-refractivity contribution in [2.45, 2.75) is 41.5 Å². The van der Waals surface area contributed by atoms with Crippen molar-refractivity contribution in [2.75, 3.05) is 24.6 Å². The van der Waals surface area contributed by atoms with Crippen LogP contribution in [0.2, 0.25) is 0 Å². The zero-order chi connectivity index (χ0) is 21.8. The lowest BCUT2D eigenvalue weighted by Crippen LogP contribution is -2.05. The first-order chi connectivity index (χ1) is 14.3. The SMILES string of the molecule is CCP1(CC)=NP(CC)(CC)=NP(Oc2cccc(C)c2)(Oc2cccc(C)c2)=N1. The molecule has 0 N–H and O–H groups in total. The Morgan fingerprint density at radius 3 is 1.47 bits per heavy atom. The molecule has 30 heavy (non-hydrogen) atoms. The molecule has 1 heterocycles. The summed E-state index contributed by atoms with van der Waals surface area (Å²) in [7, 11) is -6.77. The van der Waals surface area contributed by atoms with Gasteiger partial charge in [0.1, 0.15) is 11.5 Å². The maximum atomic E-state index is 6.64. The van der Waals surface area contributed by atoms with E-state index in [1.807, 2.05) is 36.4 Å². The minimum Gasteiger partial charge on any atom is -0.414 e. The van der Waals surface area contributed by atoms with E-state index in [0.717, 1.165) is 47.3 Å². The van der Waals surface area contributed by atoms with E-state index in [0.29, 0.717) is 0 Å². The second-order valence-electron chi connectivity index (χ2n) is 7.60. The topological polar surface area (TPSA) is 55.5 Å². The summed E-state index contributed by atoms with van der Waals surface area (Å²) in [5.41, 5.74) is 2.28. The van der Waals surface area contributed by atoms with Gasteiger partial charge in [-0.25, -0.2) is 4.52 Å². The van der Waals surface area contributed by atoms with E-state index in [1.165, 1.54) is 0 Å². The van der Waals surface area contributed by atoms with Crippen LogP contribution in [-0.2, 0) is 0 Å². The fraction of sp³-hybridized carbons (Fsp3) is 0.455. The molecule has 1 aliphatic rings. The van der Waals surface area contributed by atoms with Gasteiger partial charge in [0.05, 0.1) is 14.4 Å². The fourth-order valence-corrected chi connectivity index (χ4v) is 17.0. The first-order valence-electron chi connectivity index (χ1n) is 10.7. The minimum absolute atomic E-state index is 0.765. The summed E-state index contributed by atoms with van der Waals surface area (Å²) in [4.78, 5) is 0. The predicted molar refractivity (Wildman–Crippen MR) is 134 cm³/mol. The number of hydrogen-bond acceptors (Lipinski definition) is 5. The van der Waals surface area contributed by atoms with Gasteiger partial charge in [0, 0.05) is 0 Å². The predicted octanol–water partition coefficient (Wildman–Crippen LogP) is 9.03. The lowest BCUT2D eigenvalue weighted by atomic mass is 10.2. The van der Waals surface area contributed by atoms with Gasteiger partial charge >= 0.3 is 7.66 Å². The summed E-state index contributed by atoms with van der Waals surface area (Å²) >= 11 is 0. The smallest absolute Gasteiger partial charge is 0.414 e. The number of rotatable bonds is 8. The molecule has 0 fully saturated rings. The molecule has 2 aromatic carbocycles. The number of benzene rings is 2. The molecule has 5 nitrogen and oxygen atoms in total. The molecule has 0 radical (unpaired) electrons. The van der Waals surface area contributed by atoms with Gasteiger partial charge in [0.25, 0.3) is 0 Å². The highest BCUT2D eigenvalue weighted by atomic mass is 31.3. The van der Waals surface area contributed by atoms with E-state index in [-0.39, 0.29) is 0 Å². The zero-order valence-corrected chi connectivity index (χ0v) is 21.6. The van der Waals surface area contributed by atoms with Crippen LogP contribution in [0.5, 0.6) is 11.5 Å². The average Bonchev–Trinajstić information content (AvgIpc) is 2.73. The summed E-state index contributed by atoms with van der Waals surface area (Å²) in [5, 5.41) is 0. The third-order valence-corrected chi connectivity index (χ3v) is 17.4. The van der Waals surface area contributed by atoms with Crippen molar-refractivity contribution < 1.29 is 9.05 Å². The lowest BCUT2D eigenvalue weighted by Gasteiger charge is -2.34. The Labute approximate surface area is 182 Å². The van der Waals surface area contributed by atoms with Gasteiger partial charge in [-0.05, 0) is 73.9 Å². The van der Waals surface area contributed by atoms with Crippen LogP contribution < -0.4 is 9.05 Å². The largest absolute Gasteiger partial charge is 0.449 e. The maximum absolute atomic E-state index is 6.64. The standard InChI is InChI=1S/C22H34N3O2P3/c1-7-28(8-2)23-29(9-3,10-4)25-30(24-28,26-21-15-11-13-19(5)17-21)27-22-16-12-14-20(6)18-22/h11-18H,7-10H2,1-6H3. The van der Waals surface area contributed by atoms with E-state index in [1.54, 1.807) is 0 Å². The highest BCUT2D eigenvalue weighted by Crippen LogP contribution is 2.78. The molecule has 2 aromatic rings. The third-order valence-electron chi connectivity index (χ3n) is 5.35. The molecule has 164 valence electrons. The number of aryl methyl sites for hydroxylation is 2. The van der Waals surface area contributed by atoms with Crippen molar-refractivity contribution in [2.24, 2.45) is 13.5 Å². The van der Waals surface area contributed by atoms with Crippen LogP contribution in [0.25, 0.3) is 0 Å². The van der Waals surface area contributed by atoms with E-state index in [4.69, 9.17) is 22.6 Å². The molecule has 0 amide bonds. The summed E-state index contributed by atoms with van der Waals surface area (Å²) < 4.78 is 29.3. The molecule has 0 saturated heterocycles. The quantitative estimate of drug-likeness (QED) is 0.365. The average molecular weight is 465 g/mol. The number of hydrogen-bond donors (Lipinski definition) is 0. The highest BCUT2D eigenvalue weighted by molar-refractivity contribution is 7.85. The molecule has 0 spiro atoms. The third kappa shape index (κ3) is 5.13. The number of nitrogens with zero attached hydrogens (tertiary/aromatic N) is 3. The summed E-state index contributed by atoms with van der Waals surface area (Å²) in [6.07, 6.45) is 3.71. The molecular weight excluding hydrogens is 431 g/mol. The van der Waals surface area contributed by atoms with Crippen LogP contribution in [-0.4, -0.2) is 24.6 Å². The van der Waals surface area contributed by atoms with Crippen molar-refractivity contribution in [1.82, 2.24) is 0 Å². The van der Waals surface area contributed by atoms with E-state index in [9.17, 15) is 0 Å². The van der Waals surface area contributed by atoms with E-state index < -0.39 is 22.1 Å². The summed E-state index contributed by atoms with van der Waals surface area (Å²) in [5.74, 6) is 1.53. The van der Waals surface area contributed by atoms with E-state index in [2.05, 4.69) is 53.7 Å². The minimum atomic E-state index is -2.93. The van der Waals surface area contributed by atoms with Crippen molar-refractivity contribution >= 4 is 22.1 Å². The van der Waals surface area contributed by atoms with Gasteiger partial charge < -0.3 is 9.05 Å². The van der Waals surface area contributed by atoms with Crippen LogP contribution in [0.4, 0.5) is 0 Å². The molecule has 3 rings (SSSR count). The van der Waals surface area contributed by atoms with Crippen LogP contribution >= 0.6 is 22.1 Å². The lowest BCUT2D eigenvalue weighted by molar-refractivity contribution is 0.477. The molecule has 0 aromatic heterocycles. The molecule has 8 heteroatoms. The van der Waals surface area contributed by atoms with Crippen molar-refractivity contribution in [3.05, 3.63) is 59.7 Å². The highest BCUT2D eigenvalue weighted by Gasteiger charge is 2.38. The summed E-state index contributed by atoms with van der Waals surface area (Å²) in [6.45, 7) is 12.9. The van der Waals surface area contributed by atoms with Crippen LogP contribution in [0.3, 0.4) is 0 Å². The second kappa shape index (κ2) is 9.47. The van der Waals surface area contributed by atoms with Crippen molar-refractivity contribution in [3.63, 3.8) is 0 Å². The molecule has 0 unspecified atom stereocenters. The Hall–Kier alpha value is -1.27. The van der Waals surface area contributed by atoms with Crippen molar-refractivity contribution in [1.29, 1.82) is 0 Å².